The Morgan fingerprint density at radius 2 is 1.75 bits per heavy atom. The van der Waals surface area contributed by atoms with Crippen molar-refractivity contribution in [2.24, 2.45) is 17.8 Å². The van der Waals surface area contributed by atoms with Crippen LogP contribution in [0.2, 0.25) is 0 Å². The third kappa shape index (κ3) is 9.07. The van der Waals surface area contributed by atoms with Crippen molar-refractivity contribution in [3.63, 3.8) is 0 Å². The van der Waals surface area contributed by atoms with E-state index in [4.69, 9.17) is 23.7 Å². The Hall–Kier alpha value is -2.87. The number of amides is 1. The van der Waals surface area contributed by atoms with E-state index in [2.05, 4.69) is 17.6 Å². The number of fused-ring (bicyclic) bond motifs is 1. The summed E-state index contributed by atoms with van der Waals surface area (Å²) in [6, 6.07) is 9.11. The van der Waals surface area contributed by atoms with Gasteiger partial charge in [-0.3, -0.25) is 4.79 Å². The van der Waals surface area contributed by atoms with E-state index in [-0.39, 0.29) is 24.3 Å². The van der Waals surface area contributed by atoms with Gasteiger partial charge >= 0.3 is 12.1 Å². The number of aliphatic hydroxyl groups excluding tert-OH is 1. The highest BCUT2D eigenvalue weighted by molar-refractivity contribution is 5.88. The topological polar surface area (TPSA) is 136 Å². The van der Waals surface area contributed by atoms with E-state index < -0.39 is 71.7 Å². The Morgan fingerprint density at radius 1 is 1.08 bits per heavy atom. The smallest absolute Gasteiger partial charge is 0.425 e. The fraction of sp³-hybridized carbons (Fsp3) is 0.725. The number of aryl methyl sites for hydroxylation is 1. The van der Waals surface area contributed by atoms with Crippen LogP contribution in [0.1, 0.15) is 86.6 Å². The van der Waals surface area contributed by atoms with Gasteiger partial charge in [-0.25, -0.2) is 20.0 Å². The van der Waals surface area contributed by atoms with E-state index in [1.54, 1.807) is 27.0 Å². The van der Waals surface area contributed by atoms with Crippen molar-refractivity contribution in [1.82, 2.24) is 15.3 Å². The fourth-order valence-electron chi connectivity index (χ4n) is 8.57. The Morgan fingerprint density at radius 3 is 2.37 bits per heavy atom. The van der Waals surface area contributed by atoms with Crippen LogP contribution in [-0.4, -0.2) is 115 Å². The van der Waals surface area contributed by atoms with Crippen molar-refractivity contribution in [3.8, 4) is 0 Å². The van der Waals surface area contributed by atoms with Gasteiger partial charge < -0.3 is 33.7 Å². The molecular weight excluding hydrogens is 666 g/mol. The molecule has 12 heteroatoms. The molecule has 52 heavy (non-hydrogen) atoms. The van der Waals surface area contributed by atoms with Gasteiger partial charge in [0.25, 0.3) is 0 Å². The highest BCUT2D eigenvalue weighted by Gasteiger charge is 2.60. The molecule has 4 rings (SSSR count). The minimum absolute atomic E-state index is 0.0968. The number of nitrogens with one attached hydrogen (secondary N) is 1. The molecule has 3 aliphatic heterocycles. The largest absolute Gasteiger partial charge is 0.455 e. The molecule has 1 unspecified atom stereocenters. The summed E-state index contributed by atoms with van der Waals surface area (Å²) in [7, 11) is 5.41. The zero-order valence-electron chi connectivity index (χ0n) is 33.1. The third-order valence-electron chi connectivity index (χ3n) is 11.5. The maximum atomic E-state index is 14.6. The lowest BCUT2D eigenvalue weighted by Gasteiger charge is -2.46. The number of hydrogen-bond acceptors (Lipinski definition) is 11. The quantitative estimate of drug-likeness (QED) is 0.247. The van der Waals surface area contributed by atoms with Gasteiger partial charge in [-0.15, -0.1) is 0 Å². The molecule has 1 amide bonds. The lowest BCUT2D eigenvalue weighted by atomic mass is 9.74. The summed E-state index contributed by atoms with van der Waals surface area (Å²) in [5.41, 5.74) is 2.40. The Labute approximate surface area is 310 Å². The summed E-state index contributed by atoms with van der Waals surface area (Å²) < 4.78 is 31.4. The zero-order chi connectivity index (χ0) is 38.5. The monoisotopic (exact) mass is 729 g/mol. The Bertz CT molecular complexity index is 1410. The molecule has 12 nitrogen and oxygen atoms in total. The highest BCUT2D eigenvalue weighted by Crippen LogP contribution is 2.42. The summed E-state index contributed by atoms with van der Waals surface area (Å²) in [4.78, 5) is 44.0. The van der Waals surface area contributed by atoms with E-state index in [0.29, 0.717) is 25.0 Å². The second-order valence-electron chi connectivity index (χ2n) is 15.8. The molecule has 12 atom stereocenters. The molecule has 0 aliphatic carbocycles. The Kier molecular flexibility index (Phi) is 14.1. The van der Waals surface area contributed by atoms with Gasteiger partial charge in [-0.1, -0.05) is 64.1 Å². The number of benzene rings is 1. The van der Waals surface area contributed by atoms with Crippen LogP contribution >= 0.6 is 0 Å². The molecule has 3 heterocycles. The van der Waals surface area contributed by atoms with Crippen LogP contribution in [0.3, 0.4) is 0 Å². The molecule has 3 aliphatic rings. The van der Waals surface area contributed by atoms with Crippen LogP contribution in [0, 0.1) is 17.8 Å². The van der Waals surface area contributed by atoms with Gasteiger partial charge in [0.05, 0.1) is 17.8 Å². The van der Waals surface area contributed by atoms with Crippen LogP contribution in [0.4, 0.5) is 4.79 Å². The summed E-state index contributed by atoms with van der Waals surface area (Å²) in [5.74, 6) is -2.36. The maximum Gasteiger partial charge on any atom is 0.425 e. The van der Waals surface area contributed by atoms with Crippen LogP contribution in [0.15, 0.2) is 42.0 Å². The summed E-state index contributed by atoms with van der Waals surface area (Å²) >= 11 is 0. The number of methoxy groups -OCH3 is 1. The average molecular weight is 730 g/mol. The molecule has 0 saturated carbocycles. The highest BCUT2D eigenvalue weighted by atomic mass is 16.7. The average Bonchev–Trinajstić information content (AvgIpc) is 3.36. The lowest BCUT2D eigenvalue weighted by Crippen LogP contribution is -2.60. The second-order valence-corrected chi connectivity index (χ2v) is 15.8. The van der Waals surface area contributed by atoms with Crippen molar-refractivity contribution < 1.29 is 43.2 Å². The molecule has 1 aromatic rings. The van der Waals surface area contributed by atoms with Gasteiger partial charge in [0.1, 0.15) is 24.0 Å². The van der Waals surface area contributed by atoms with Crippen LogP contribution in [0.25, 0.3) is 0 Å². The molecule has 292 valence electrons. The first-order chi connectivity index (χ1) is 24.5. The maximum absolute atomic E-state index is 14.6. The van der Waals surface area contributed by atoms with Gasteiger partial charge in [0, 0.05) is 43.0 Å². The summed E-state index contributed by atoms with van der Waals surface area (Å²) in [5, 5.41) is 12.8. The number of carbonyl (C=O) groups is 3. The van der Waals surface area contributed by atoms with E-state index in [0.717, 1.165) is 12.8 Å². The first kappa shape index (κ1) is 41.9. The number of ketones is 1. The molecule has 2 N–H and O–H groups in total. The van der Waals surface area contributed by atoms with Crippen molar-refractivity contribution in [3.05, 3.63) is 47.5 Å². The minimum Gasteiger partial charge on any atom is -0.455 e. The number of rotatable bonds is 10. The number of ether oxygens (including phenoxy) is 5. The first-order valence-electron chi connectivity index (χ1n) is 18.9. The van der Waals surface area contributed by atoms with Crippen molar-refractivity contribution in [2.45, 2.75) is 141 Å². The van der Waals surface area contributed by atoms with Gasteiger partial charge in [0.15, 0.2) is 11.9 Å². The van der Waals surface area contributed by atoms with Crippen molar-refractivity contribution in [1.29, 1.82) is 0 Å². The molecule has 2 saturated heterocycles. The predicted molar refractivity (Wildman–Crippen MR) is 197 cm³/mol. The van der Waals surface area contributed by atoms with Gasteiger partial charge in [0.2, 0.25) is 0 Å². The second kappa shape index (κ2) is 17.5. The summed E-state index contributed by atoms with van der Waals surface area (Å²) in [6.45, 7) is 15.2. The Balaban J connectivity index is 1.70. The molecule has 1 aromatic carbocycles. The van der Waals surface area contributed by atoms with Crippen molar-refractivity contribution in [2.75, 3.05) is 27.7 Å². The fourth-order valence-corrected chi connectivity index (χ4v) is 8.57. The van der Waals surface area contributed by atoms with E-state index >= 15 is 0 Å². The molecule has 0 radical (unpaired) electrons. The number of Topliss-reactive ketones (excluding diaryl/α,β-unsaturated/α-hetero) is 1. The van der Waals surface area contributed by atoms with E-state index in [1.807, 2.05) is 78.7 Å². The van der Waals surface area contributed by atoms with Crippen LogP contribution in [0.5, 0.6) is 0 Å². The summed E-state index contributed by atoms with van der Waals surface area (Å²) in [6.07, 6.45) is 0.259. The molecule has 0 bridgehead atoms. The minimum atomic E-state index is -1.33. The number of hydrogen-bond donors (Lipinski definition) is 2. The number of cyclic esters (lactones) is 1. The number of hydrazine groups is 1. The molecular formula is C40H63N3O9. The lowest BCUT2D eigenvalue weighted by molar-refractivity contribution is -0.294. The van der Waals surface area contributed by atoms with Gasteiger partial charge in [-0.2, -0.15) is 0 Å². The van der Waals surface area contributed by atoms with Gasteiger partial charge in [-0.05, 0) is 79.5 Å². The standard InChI is InChI=1S/C40H63N3O9/c1-12-31-40(8)34(43(38(47)52-40)41-20-16-19-29-17-14-13-15-18-29)28(6)32(44)26(4)23-39(7,48-11)35(24(2)21-25(3)36(46)50-31)51-37-33(45)30(42(9)10)22-27(5)49-37/h13-15,17-18,21,24,26-28,30-31,33-35,37,41,45H,12,16,19-20,22-23H2,1-11H3/b25-21+/t24-,26+,27+,28-,30-,31?,33+,34+,35+,37-,39+,40+/m0/s1. The number of aliphatic hydroxyl groups is 1. The number of esters is 1. The number of carbonyl (C=O) groups excluding carboxylic acids is 3. The van der Waals surface area contributed by atoms with E-state index in [9.17, 15) is 19.5 Å². The van der Waals surface area contributed by atoms with Crippen LogP contribution in [-0.2, 0) is 39.7 Å². The van der Waals surface area contributed by atoms with E-state index in [1.165, 1.54) is 10.6 Å². The molecule has 0 spiro atoms. The zero-order valence-corrected chi connectivity index (χ0v) is 33.1. The predicted octanol–water partition coefficient (Wildman–Crippen LogP) is 5.07. The number of nitrogens with zero attached hydrogens (tertiary/aromatic N) is 2. The van der Waals surface area contributed by atoms with Crippen LogP contribution < -0.4 is 5.43 Å². The normalized spacial score (nSPS) is 39.0. The first-order valence-corrected chi connectivity index (χ1v) is 18.9. The molecule has 2 fully saturated rings. The molecule has 0 aromatic heterocycles. The van der Waals surface area contributed by atoms with Crippen molar-refractivity contribution >= 4 is 17.8 Å². The number of likely N-dealkylation sites (N-methyl/N-ethyl adjacent to an activating group) is 1. The third-order valence-corrected chi connectivity index (χ3v) is 11.5. The SMILES string of the molecule is CCC1OC(=O)/C(C)=C/[C@H](C)[C@@H](O[C@@H]2O[C@H](C)C[C@H](N(C)C)[C@H]2O)[C@](C)(OC)C[C@@H](C)C(=O)[C@H](C)[C@H]2N(NCCCc3ccccc3)C(=O)O[C@]12C.